The summed E-state index contributed by atoms with van der Waals surface area (Å²) in [5, 5.41) is 0. The SMILES string of the molecule is COC(C)C1=C2C(C)(C)C3CCC2(C3)C(C)(C)CC1. The van der Waals surface area contributed by atoms with Gasteiger partial charge < -0.3 is 4.74 Å². The average molecular weight is 262 g/mol. The van der Waals surface area contributed by atoms with E-state index in [0.717, 1.165) is 5.92 Å². The van der Waals surface area contributed by atoms with Crippen molar-refractivity contribution in [2.75, 3.05) is 7.11 Å². The van der Waals surface area contributed by atoms with Crippen LogP contribution in [-0.2, 0) is 4.74 Å². The number of ether oxygens (including phenoxy) is 1. The van der Waals surface area contributed by atoms with Crippen LogP contribution in [0.3, 0.4) is 0 Å². The highest BCUT2D eigenvalue weighted by Crippen LogP contribution is 2.75. The van der Waals surface area contributed by atoms with Crippen molar-refractivity contribution < 1.29 is 4.74 Å². The van der Waals surface area contributed by atoms with Crippen LogP contribution in [0.25, 0.3) is 0 Å². The van der Waals surface area contributed by atoms with E-state index in [0.29, 0.717) is 22.3 Å². The van der Waals surface area contributed by atoms with Crippen LogP contribution in [0.4, 0.5) is 0 Å². The second-order valence-electron chi connectivity index (χ2n) is 8.41. The van der Waals surface area contributed by atoms with Crippen molar-refractivity contribution in [2.45, 2.75) is 72.8 Å². The average Bonchev–Trinajstić information content (AvgIpc) is 2.86. The van der Waals surface area contributed by atoms with Crippen LogP contribution in [0, 0.1) is 22.2 Å². The zero-order valence-electron chi connectivity index (χ0n) is 13.6. The Morgan fingerprint density at radius 1 is 1.16 bits per heavy atom. The van der Waals surface area contributed by atoms with Gasteiger partial charge in [0, 0.05) is 7.11 Å². The lowest BCUT2D eigenvalue weighted by Crippen LogP contribution is -2.44. The maximum absolute atomic E-state index is 5.71. The molecule has 0 amide bonds. The first-order chi connectivity index (χ1) is 8.76. The summed E-state index contributed by atoms with van der Waals surface area (Å²) in [5.41, 5.74) is 4.82. The molecule has 19 heavy (non-hydrogen) atoms. The van der Waals surface area contributed by atoms with Crippen LogP contribution in [-0.4, -0.2) is 13.2 Å². The number of hydrogen-bond donors (Lipinski definition) is 0. The fourth-order valence-corrected chi connectivity index (χ4v) is 5.74. The summed E-state index contributed by atoms with van der Waals surface area (Å²) in [4.78, 5) is 0. The molecule has 3 aliphatic carbocycles. The Hall–Kier alpha value is -0.300. The molecule has 0 aliphatic heterocycles. The maximum atomic E-state index is 5.71. The molecule has 0 radical (unpaired) electrons. The van der Waals surface area contributed by atoms with Gasteiger partial charge in [0.25, 0.3) is 0 Å². The third-order valence-electron chi connectivity index (χ3n) is 7.14. The lowest BCUT2D eigenvalue weighted by Gasteiger charge is -2.53. The van der Waals surface area contributed by atoms with Gasteiger partial charge in [-0.05, 0) is 66.8 Å². The van der Waals surface area contributed by atoms with Crippen LogP contribution >= 0.6 is 0 Å². The van der Waals surface area contributed by atoms with Crippen molar-refractivity contribution in [2.24, 2.45) is 22.2 Å². The van der Waals surface area contributed by atoms with Crippen molar-refractivity contribution in [3.05, 3.63) is 11.1 Å². The van der Waals surface area contributed by atoms with E-state index in [1.165, 1.54) is 32.1 Å². The van der Waals surface area contributed by atoms with Gasteiger partial charge in [-0.1, -0.05) is 33.3 Å². The first kappa shape index (κ1) is 13.7. The highest BCUT2D eigenvalue weighted by Gasteiger charge is 2.65. The van der Waals surface area contributed by atoms with Crippen LogP contribution in [0.2, 0.25) is 0 Å². The van der Waals surface area contributed by atoms with Gasteiger partial charge in [0.2, 0.25) is 0 Å². The van der Waals surface area contributed by atoms with Crippen molar-refractivity contribution in [3.8, 4) is 0 Å². The largest absolute Gasteiger partial charge is 0.377 e. The predicted molar refractivity (Wildman–Crippen MR) is 80.1 cm³/mol. The van der Waals surface area contributed by atoms with Gasteiger partial charge in [-0.2, -0.15) is 0 Å². The summed E-state index contributed by atoms with van der Waals surface area (Å²) in [7, 11) is 1.87. The lowest BCUT2D eigenvalue weighted by molar-refractivity contribution is 0.0669. The predicted octanol–water partition coefficient (Wildman–Crippen LogP) is 4.96. The Balaban J connectivity index is 2.20. The van der Waals surface area contributed by atoms with Gasteiger partial charge >= 0.3 is 0 Å². The summed E-state index contributed by atoms with van der Waals surface area (Å²) < 4.78 is 5.71. The molecule has 3 unspecified atom stereocenters. The summed E-state index contributed by atoms with van der Waals surface area (Å²) in [5.74, 6) is 0.902. The standard InChI is InChI=1S/C18H30O/c1-12(19-6)14-8-9-16(2,3)18-10-7-13(11-18)17(4,5)15(14)18/h12-13H,7-11H2,1-6H3. The van der Waals surface area contributed by atoms with E-state index in [4.69, 9.17) is 4.74 Å². The van der Waals surface area contributed by atoms with Crippen LogP contribution in [0.15, 0.2) is 11.1 Å². The van der Waals surface area contributed by atoms with Crippen molar-refractivity contribution >= 4 is 0 Å². The first-order valence-electron chi connectivity index (χ1n) is 8.03. The molecule has 0 aromatic rings. The van der Waals surface area contributed by atoms with Crippen molar-refractivity contribution in [3.63, 3.8) is 0 Å². The smallest absolute Gasteiger partial charge is 0.0756 e. The quantitative estimate of drug-likeness (QED) is 0.639. The van der Waals surface area contributed by atoms with E-state index < -0.39 is 0 Å². The molecule has 3 atom stereocenters. The lowest BCUT2D eigenvalue weighted by atomic mass is 9.52. The summed E-state index contributed by atoms with van der Waals surface area (Å²) in [6.45, 7) is 12.3. The Kier molecular flexibility index (Phi) is 2.79. The van der Waals surface area contributed by atoms with E-state index in [9.17, 15) is 0 Å². The zero-order valence-corrected chi connectivity index (χ0v) is 13.6. The highest BCUT2D eigenvalue weighted by atomic mass is 16.5. The fraction of sp³-hybridized carbons (Fsp3) is 0.889. The fourth-order valence-electron chi connectivity index (χ4n) is 5.74. The molecule has 0 heterocycles. The summed E-state index contributed by atoms with van der Waals surface area (Å²) >= 11 is 0. The summed E-state index contributed by atoms with van der Waals surface area (Å²) in [6.07, 6.45) is 7.18. The molecule has 2 saturated carbocycles. The normalized spacial score (nSPS) is 40.4. The van der Waals surface area contributed by atoms with Crippen molar-refractivity contribution in [1.29, 1.82) is 0 Å². The van der Waals surface area contributed by atoms with E-state index >= 15 is 0 Å². The van der Waals surface area contributed by atoms with Gasteiger partial charge in [0.15, 0.2) is 0 Å². The minimum atomic E-state index is 0.307. The number of hydrogen-bond acceptors (Lipinski definition) is 1. The molecule has 0 N–H and O–H groups in total. The molecule has 2 bridgehead atoms. The second-order valence-corrected chi connectivity index (χ2v) is 8.41. The van der Waals surface area contributed by atoms with Gasteiger partial charge in [0.05, 0.1) is 6.10 Å². The zero-order chi connectivity index (χ0) is 14.1. The third-order valence-corrected chi connectivity index (χ3v) is 7.14. The Bertz CT molecular complexity index is 429. The van der Waals surface area contributed by atoms with Gasteiger partial charge in [-0.25, -0.2) is 0 Å². The van der Waals surface area contributed by atoms with Crippen LogP contribution in [0.5, 0.6) is 0 Å². The summed E-state index contributed by atoms with van der Waals surface area (Å²) in [6, 6.07) is 0. The molecule has 0 aromatic carbocycles. The molecule has 1 spiro atoms. The minimum Gasteiger partial charge on any atom is -0.377 e. The van der Waals surface area contributed by atoms with Gasteiger partial charge in [-0.15, -0.1) is 0 Å². The number of fused-ring (bicyclic) bond motifs is 1. The Labute approximate surface area is 118 Å². The number of rotatable bonds is 2. The molecule has 3 aliphatic rings. The number of allylic oxidation sites excluding steroid dienone is 1. The Morgan fingerprint density at radius 3 is 2.47 bits per heavy atom. The second kappa shape index (κ2) is 3.87. The number of methoxy groups -OCH3 is 1. The molecular formula is C18H30O. The molecular weight excluding hydrogens is 232 g/mol. The topological polar surface area (TPSA) is 9.23 Å². The van der Waals surface area contributed by atoms with Crippen molar-refractivity contribution in [1.82, 2.24) is 0 Å². The van der Waals surface area contributed by atoms with Crippen LogP contribution < -0.4 is 0 Å². The molecule has 0 aromatic heterocycles. The van der Waals surface area contributed by atoms with E-state index in [2.05, 4.69) is 34.6 Å². The van der Waals surface area contributed by atoms with E-state index in [1.54, 1.807) is 5.57 Å². The minimum absolute atomic E-state index is 0.307. The maximum Gasteiger partial charge on any atom is 0.0756 e. The van der Waals surface area contributed by atoms with E-state index in [-0.39, 0.29) is 0 Å². The highest BCUT2D eigenvalue weighted by molar-refractivity contribution is 5.42. The Morgan fingerprint density at radius 2 is 1.84 bits per heavy atom. The van der Waals surface area contributed by atoms with Gasteiger partial charge in [-0.3, -0.25) is 0 Å². The first-order valence-corrected chi connectivity index (χ1v) is 8.03. The molecule has 1 heteroatoms. The molecule has 1 nitrogen and oxygen atoms in total. The monoisotopic (exact) mass is 262 g/mol. The van der Waals surface area contributed by atoms with Gasteiger partial charge in [0.1, 0.15) is 0 Å². The molecule has 3 rings (SSSR count). The van der Waals surface area contributed by atoms with Crippen LogP contribution in [0.1, 0.15) is 66.7 Å². The van der Waals surface area contributed by atoms with E-state index in [1.807, 2.05) is 12.7 Å². The third kappa shape index (κ3) is 1.51. The molecule has 2 fully saturated rings. The molecule has 108 valence electrons. The molecule has 0 saturated heterocycles.